The Morgan fingerprint density at radius 1 is 1.28 bits per heavy atom. The lowest BCUT2D eigenvalue weighted by Crippen LogP contribution is -2.62. The third-order valence-electron chi connectivity index (χ3n) is 7.07. The molecule has 136 valence electrons. The van der Waals surface area contributed by atoms with Crippen LogP contribution in [0.15, 0.2) is 18.3 Å². The number of hydrogen-bond acceptors (Lipinski definition) is 4. The third kappa shape index (κ3) is 2.59. The van der Waals surface area contributed by atoms with Crippen LogP contribution in [-0.4, -0.2) is 42.0 Å². The smallest absolute Gasteiger partial charge is 0.267 e. The van der Waals surface area contributed by atoms with Gasteiger partial charge in [-0.2, -0.15) is 0 Å². The first-order chi connectivity index (χ1) is 12.1. The Morgan fingerprint density at radius 3 is 2.52 bits per heavy atom. The number of hydrogen-bond donors (Lipinski definition) is 1. The summed E-state index contributed by atoms with van der Waals surface area (Å²) < 4.78 is 6.27. The maximum absolute atomic E-state index is 11.6. The number of ether oxygens (including phenoxy) is 1. The fourth-order valence-electron chi connectivity index (χ4n) is 5.66. The average Bonchev–Trinajstić information content (AvgIpc) is 2.59. The lowest BCUT2D eigenvalue weighted by molar-refractivity contribution is -0.181. The molecule has 1 aromatic rings. The fourth-order valence-corrected chi connectivity index (χ4v) is 5.66. The van der Waals surface area contributed by atoms with Crippen molar-refractivity contribution < 1.29 is 9.53 Å². The molecule has 0 spiro atoms. The standard InChI is InChI=1S/C20H29N3O2/c1-13-6-7-18(13)23-11-15-4-3-5-16(12-23)20(15,25-2)14-8-9-22-17(10-14)19(21)24/h8-10,13,15-16,18H,3-7,11-12H2,1-2H3,(H2,21,24)/t13-,15-,16+,18+,20-/m0/s1. The molecule has 2 aliphatic carbocycles. The average molecular weight is 343 g/mol. The van der Waals surface area contributed by atoms with Crippen molar-refractivity contribution in [3.8, 4) is 0 Å². The molecule has 1 saturated heterocycles. The minimum Gasteiger partial charge on any atom is -0.373 e. The molecule has 4 rings (SSSR count). The Labute approximate surface area is 149 Å². The maximum atomic E-state index is 11.6. The van der Waals surface area contributed by atoms with Crippen LogP contribution in [-0.2, 0) is 10.3 Å². The van der Waals surface area contributed by atoms with E-state index in [0.29, 0.717) is 17.5 Å². The normalized spacial score (nSPS) is 38.2. The fraction of sp³-hybridized carbons (Fsp3) is 0.700. The Kier molecular flexibility index (Phi) is 4.32. The van der Waals surface area contributed by atoms with Gasteiger partial charge in [0.05, 0.1) is 0 Å². The number of methoxy groups -OCH3 is 1. The minimum atomic E-state index is -0.473. The van der Waals surface area contributed by atoms with Crippen molar-refractivity contribution in [2.75, 3.05) is 20.2 Å². The molecule has 0 unspecified atom stereocenters. The molecule has 0 aromatic carbocycles. The van der Waals surface area contributed by atoms with Crippen LogP contribution in [0.1, 0.15) is 55.1 Å². The molecule has 5 atom stereocenters. The summed E-state index contributed by atoms with van der Waals surface area (Å²) in [5.74, 6) is 1.26. The molecule has 1 aromatic heterocycles. The second-order valence-electron chi connectivity index (χ2n) is 8.19. The number of nitrogens with zero attached hydrogens (tertiary/aromatic N) is 2. The molecule has 25 heavy (non-hydrogen) atoms. The Balaban J connectivity index is 1.69. The molecule has 5 heteroatoms. The van der Waals surface area contributed by atoms with E-state index in [2.05, 4.69) is 16.8 Å². The highest BCUT2D eigenvalue weighted by molar-refractivity contribution is 5.90. The monoisotopic (exact) mass is 343 g/mol. The number of carbonyl (C=O) groups excluding carboxylic acids is 1. The van der Waals surface area contributed by atoms with E-state index in [-0.39, 0.29) is 5.60 Å². The van der Waals surface area contributed by atoms with E-state index in [9.17, 15) is 4.79 Å². The van der Waals surface area contributed by atoms with Crippen LogP contribution < -0.4 is 5.73 Å². The summed E-state index contributed by atoms with van der Waals surface area (Å²) in [5, 5.41) is 0. The second kappa shape index (κ2) is 6.36. The number of carbonyl (C=O) groups is 1. The number of amides is 1. The summed E-state index contributed by atoms with van der Waals surface area (Å²) in [7, 11) is 1.83. The second-order valence-corrected chi connectivity index (χ2v) is 8.19. The number of primary amides is 1. The van der Waals surface area contributed by atoms with Crippen LogP contribution in [0, 0.1) is 17.8 Å². The predicted octanol–water partition coefficient (Wildman–Crippen LogP) is 2.55. The number of piperidine rings is 1. The van der Waals surface area contributed by atoms with Crippen molar-refractivity contribution >= 4 is 5.91 Å². The molecule has 3 aliphatic rings. The van der Waals surface area contributed by atoms with Crippen molar-refractivity contribution in [3.05, 3.63) is 29.6 Å². The zero-order chi connectivity index (χ0) is 17.6. The molecule has 1 amide bonds. The van der Waals surface area contributed by atoms with Gasteiger partial charge in [0, 0.05) is 44.3 Å². The summed E-state index contributed by atoms with van der Waals surface area (Å²) in [6, 6.07) is 4.62. The summed E-state index contributed by atoms with van der Waals surface area (Å²) >= 11 is 0. The van der Waals surface area contributed by atoms with E-state index >= 15 is 0 Å². The van der Waals surface area contributed by atoms with Crippen molar-refractivity contribution in [2.45, 2.75) is 50.7 Å². The summed E-state index contributed by atoms with van der Waals surface area (Å²) in [6.45, 7) is 4.56. The first-order valence-corrected chi connectivity index (χ1v) is 9.61. The van der Waals surface area contributed by atoms with Gasteiger partial charge in [-0.15, -0.1) is 0 Å². The van der Waals surface area contributed by atoms with Gasteiger partial charge in [0.1, 0.15) is 11.3 Å². The van der Waals surface area contributed by atoms with Crippen molar-refractivity contribution in [1.29, 1.82) is 0 Å². The van der Waals surface area contributed by atoms with Gasteiger partial charge in [-0.05, 0) is 49.3 Å². The SMILES string of the molecule is CO[C@]1(c2ccnc(C(N)=O)c2)[C@@H]2CCC[C@H]1CN([C@@H]1CC[C@@H]1C)C2. The Morgan fingerprint density at radius 2 is 2.00 bits per heavy atom. The van der Waals surface area contributed by atoms with Crippen LogP contribution in [0.5, 0.6) is 0 Å². The third-order valence-corrected chi connectivity index (χ3v) is 7.07. The van der Waals surface area contributed by atoms with E-state index in [1.54, 1.807) is 6.20 Å². The van der Waals surface area contributed by atoms with Crippen LogP contribution >= 0.6 is 0 Å². The van der Waals surface area contributed by atoms with E-state index in [1.807, 2.05) is 19.2 Å². The largest absolute Gasteiger partial charge is 0.373 e. The quantitative estimate of drug-likeness (QED) is 0.912. The van der Waals surface area contributed by atoms with E-state index in [0.717, 1.165) is 30.6 Å². The Bertz CT molecular complexity index is 648. The highest BCUT2D eigenvalue weighted by Gasteiger charge is 2.54. The lowest BCUT2D eigenvalue weighted by atomic mass is 9.61. The first-order valence-electron chi connectivity index (χ1n) is 9.61. The van der Waals surface area contributed by atoms with Gasteiger partial charge >= 0.3 is 0 Å². The molecule has 2 N–H and O–H groups in total. The number of pyridine rings is 1. The summed E-state index contributed by atoms with van der Waals surface area (Å²) in [6.07, 6.45) is 8.01. The van der Waals surface area contributed by atoms with E-state index in [1.165, 1.54) is 32.1 Å². The molecular weight excluding hydrogens is 314 g/mol. The molecule has 0 radical (unpaired) electrons. The van der Waals surface area contributed by atoms with Crippen molar-refractivity contribution in [3.63, 3.8) is 0 Å². The number of rotatable bonds is 4. The van der Waals surface area contributed by atoms with Crippen LogP contribution in [0.3, 0.4) is 0 Å². The van der Waals surface area contributed by atoms with Gasteiger partial charge in [-0.3, -0.25) is 14.7 Å². The summed E-state index contributed by atoms with van der Waals surface area (Å²) in [4.78, 5) is 18.5. The molecule has 2 bridgehead atoms. The number of likely N-dealkylation sites (tertiary alicyclic amines) is 1. The van der Waals surface area contributed by atoms with Gasteiger partial charge in [0.2, 0.25) is 0 Å². The maximum Gasteiger partial charge on any atom is 0.267 e. The topological polar surface area (TPSA) is 68.5 Å². The molecule has 5 nitrogen and oxygen atoms in total. The number of nitrogens with two attached hydrogens (primary N) is 1. The highest BCUT2D eigenvalue weighted by Crippen LogP contribution is 2.52. The molecule has 2 heterocycles. The first kappa shape index (κ1) is 17.0. The molecule has 1 aliphatic heterocycles. The van der Waals surface area contributed by atoms with Crippen LogP contribution in [0.4, 0.5) is 0 Å². The molecular formula is C20H29N3O2. The molecule has 2 saturated carbocycles. The predicted molar refractivity (Wildman–Crippen MR) is 96.0 cm³/mol. The molecule has 3 fully saturated rings. The number of aromatic nitrogens is 1. The van der Waals surface area contributed by atoms with Gasteiger partial charge < -0.3 is 10.5 Å². The van der Waals surface area contributed by atoms with Crippen molar-refractivity contribution in [1.82, 2.24) is 9.88 Å². The minimum absolute atomic E-state index is 0.311. The van der Waals surface area contributed by atoms with E-state index < -0.39 is 5.91 Å². The van der Waals surface area contributed by atoms with Gasteiger partial charge in [-0.25, -0.2) is 0 Å². The number of fused-ring (bicyclic) bond motifs is 2. The van der Waals surface area contributed by atoms with Crippen molar-refractivity contribution in [2.24, 2.45) is 23.5 Å². The summed E-state index contributed by atoms with van der Waals surface area (Å²) in [5.41, 5.74) is 6.57. The lowest BCUT2D eigenvalue weighted by Gasteiger charge is -2.58. The zero-order valence-electron chi connectivity index (χ0n) is 15.3. The van der Waals surface area contributed by atoms with Gasteiger partial charge in [0.15, 0.2) is 0 Å². The zero-order valence-corrected chi connectivity index (χ0v) is 15.3. The van der Waals surface area contributed by atoms with Crippen LogP contribution in [0.25, 0.3) is 0 Å². The van der Waals surface area contributed by atoms with Crippen LogP contribution in [0.2, 0.25) is 0 Å². The van der Waals surface area contributed by atoms with E-state index in [4.69, 9.17) is 10.5 Å². The van der Waals surface area contributed by atoms with Gasteiger partial charge in [-0.1, -0.05) is 13.3 Å². The highest BCUT2D eigenvalue weighted by atomic mass is 16.5. The Hall–Kier alpha value is -1.46. The van der Waals surface area contributed by atoms with Gasteiger partial charge in [0.25, 0.3) is 5.91 Å².